The highest BCUT2D eigenvalue weighted by Crippen LogP contribution is 2.28. The molecule has 8 heteroatoms. The lowest BCUT2D eigenvalue weighted by Crippen LogP contribution is -1.96. The minimum absolute atomic E-state index is 0.564. The molecule has 0 radical (unpaired) electrons. The Hall–Kier alpha value is -2.19. The van der Waals surface area contributed by atoms with E-state index in [4.69, 9.17) is 4.52 Å². The van der Waals surface area contributed by atoms with E-state index in [0.717, 1.165) is 20.6 Å². The maximum absolute atomic E-state index is 5.31. The van der Waals surface area contributed by atoms with Crippen LogP contribution in [-0.2, 0) is 5.75 Å². The Bertz CT molecular complexity index is 799. The highest BCUT2D eigenvalue weighted by Gasteiger charge is 2.12. The van der Waals surface area contributed by atoms with Crippen LogP contribution in [0.1, 0.15) is 11.5 Å². The Morgan fingerprint density at radius 2 is 2.22 bits per heavy atom. The molecule has 3 rings (SSSR count). The molecule has 3 aromatic rings. The molecule has 0 spiro atoms. The quantitative estimate of drug-likeness (QED) is 0.515. The Kier molecular flexibility index (Phi) is 5.04. The van der Waals surface area contributed by atoms with E-state index in [2.05, 4.69) is 32.2 Å². The molecule has 0 aliphatic rings. The molecule has 0 fully saturated rings. The molecule has 0 saturated carbocycles. The molecule has 0 unspecified atom stereocenters. The van der Waals surface area contributed by atoms with Crippen LogP contribution in [0, 0.1) is 6.92 Å². The largest absolute Gasteiger partial charge is 0.357 e. The zero-order valence-corrected chi connectivity index (χ0v) is 14.2. The van der Waals surface area contributed by atoms with Crippen molar-refractivity contribution in [1.29, 1.82) is 0 Å². The molecule has 118 valence electrons. The van der Waals surface area contributed by atoms with Gasteiger partial charge in [-0.1, -0.05) is 58.6 Å². The SMILES string of the molecule is C=CCNc1nnc(SCc2nc(-c3ccccc3C)no2)s1. The molecule has 2 aromatic heterocycles. The van der Waals surface area contributed by atoms with Crippen molar-refractivity contribution in [3.8, 4) is 11.4 Å². The molecule has 0 saturated heterocycles. The summed E-state index contributed by atoms with van der Waals surface area (Å²) in [5.41, 5.74) is 2.11. The van der Waals surface area contributed by atoms with E-state index in [1.165, 1.54) is 23.1 Å². The maximum atomic E-state index is 5.31. The average Bonchev–Trinajstić information content (AvgIpc) is 3.21. The van der Waals surface area contributed by atoms with Crippen molar-refractivity contribution in [2.24, 2.45) is 0 Å². The molecule has 23 heavy (non-hydrogen) atoms. The number of nitrogens with one attached hydrogen (secondary N) is 1. The molecule has 2 heterocycles. The fourth-order valence-corrected chi connectivity index (χ4v) is 3.47. The zero-order chi connectivity index (χ0) is 16.1. The van der Waals surface area contributed by atoms with Gasteiger partial charge in [0, 0.05) is 12.1 Å². The van der Waals surface area contributed by atoms with E-state index < -0.39 is 0 Å². The normalized spacial score (nSPS) is 10.7. The summed E-state index contributed by atoms with van der Waals surface area (Å²) in [6, 6.07) is 7.97. The van der Waals surface area contributed by atoms with Crippen molar-refractivity contribution < 1.29 is 4.52 Å². The van der Waals surface area contributed by atoms with E-state index in [-0.39, 0.29) is 0 Å². The number of nitrogens with zero attached hydrogens (tertiary/aromatic N) is 4. The van der Waals surface area contributed by atoms with Crippen LogP contribution < -0.4 is 5.32 Å². The Morgan fingerprint density at radius 1 is 1.35 bits per heavy atom. The zero-order valence-electron chi connectivity index (χ0n) is 12.5. The first-order valence-electron chi connectivity index (χ1n) is 6.96. The van der Waals surface area contributed by atoms with Crippen molar-refractivity contribution >= 4 is 28.2 Å². The van der Waals surface area contributed by atoms with E-state index in [1.807, 2.05) is 31.2 Å². The van der Waals surface area contributed by atoms with Crippen LogP contribution >= 0.6 is 23.1 Å². The van der Waals surface area contributed by atoms with Crippen LogP contribution in [0.15, 0.2) is 45.8 Å². The van der Waals surface area contributed by atoms with Gasteiger partial charge in [-0.3, -0.25) is 0 Å². The molecular formula is C15H15N5OS2. The first kappa shape index (κ1) is 15.7. The van der Waals surface area contributed by atoms with Crippen LogP contribution in [0.2, 0.25) is 0 Å². The van der Waals surface area contributed by atoms with Gasteiger partial charge in [0.05, 0.1) is 5.75 Å². The van der Waals surface area contributed by atoms with E-state index >= 15 is 0 Å². The third-order valence-corrected chi connectivity index (χ3v) is 4.98. The molecular weight excluding hydrogens is 330 g/mol. The summed E-state index contributed by atoms with van der Waals surface area (Å²) >= 11 is 3.01. The number of benzene rings is 1. The molecule has 0 atom stereocenters. The van der Waals surface area contributed by atoms with Gasteiger partial charge in [-0.15, -0.1) is 16.8 Å². The van der Waals surface area contributed by atoms with Gasteiger partial charge in [-0.25, -0.2) is 0 Å². The number of hydrogen-bond acceptors (Lipinski definition) is 8. The molecule has 6 nitrogen and oxygen atoms in total. The van der Waals surface area contributed by atoms with Crippen LogP contribution in [-0.4, -0.2) is 26.9 Å². The molecule has 0 aliphatic carbocycles. The van der Waals surface area contributed by atoms with Gasteiger partial charge in [-0.05, 0) is 12.5 Å². The number of rotatable bonds is 7. The van der Waals surface area contributed by atoms with Crippen LogP contribution in [0.3, 0.4) is 0 Å². The molecule has 1 aromatic carbocycles. The second kappa shape index (κ2) is 7.38. The molecule has 0 aliphatic heterocycles. The summed E-state index contributed by atoms with van der Waals surface area (Å²) in [4.78, 5) is 4.44. The predicted molar refractivity (Wildman–Crippen MR) is 92.6 cm³/mol. The predicted octanol–water partition coefficient (Wildman–Crippen LogP) is 3.79. The highest BCUT2D eigenvalue weighted by atomic mass is 32.2. The van der Waals surface area contributed by atoms with Crippen molar-refractivity contribution in [1.82, 2.24) is 20.3 Å². The molecule has 1 N–H and O–H groups in total. The van der Waals surface area contributed by atoms with Gasteiger partial charge in [0.2, 0.25) is 16.8 Å². The van der Waals surface area contributed by atoms with Crippen molar-refractivity contribution in [3.63, 3.8) is 0 Å². The monoisotopic (exact) mass is 345 g/mol. The minimum Gasteiger partial charge on any atom is -0.357 e. The van der Waals surface area contributed by atoms with Gasteiger partial charge >= 0.3 is 0 Å². The molecule has 0 amide bonds. The average molecular weight is 345 g/mol. The minimum atomic E-state index is 0.564. The second-order valence-electron chi connectivity index (χ2n) is 4.66. The fraction of sp³-hybridized carbons (Fsp3) is 0.200. The third-order valence-electron chi connectivity index (χ3n) is 2.98. The summed E-state index contributed by atoms with van der Waals surface area (Å²) in [7, 11) is 0. The van der Waals surface area contributed by atoms with Crippen molar-refractivity contribution in [2.45, 2.75) is 17.0 Å². The standard InChI is InChI=1S/C15H15N5OS2/c1-3-8-16-14-18-19-15(23-14)22-9-12-17-13(20-21-12)11-7-5-4-6-10(11)2/h3-7H,1,8-9H2,2H3,(H,16,18). The number of anilines is 1. The maximum Gasteiger partial charge on any atom is 0.237 e. The van der Waals surface area contributed by atoms with Gasteiger partial charge in [-0.2, -0.15) is 4.98 Å². The Morgan fingerprint density at radius 3 is 3.04 bits per heavy atom. The van der Waals surface area contributed by atoms with Gasteiger partial charge < -0.3 is 9.84 Å². The lowest BCUT2D eigenvalue weighted by Gasteiger charge is -1.97. The van der Waals surface area contributed by atoms with Crippen LogP contribution in [0.4, 0.5) is 5.13 Å². The van der Waals surface area contributed by atoms with Gasteiger partial charge in [0.1, 0.15) is 0 Å². The smallest absolute Gasteiger partial charge is 0.237 e. The van der Waals surface area contributed by atoms with E-state index in [1.54, 1.807) is 6.08 Å². The Balaban J connectivity index is 1.62. The molecule has 0 bridgehead atoms. The summed E-state index contributed by atoms with van der Waals surface area (Å²) in [5.74, 6) is 1.75. The number of aromatic nitrogens is 4. The van der Waals surface area contributed by atoms with Crippen LogP contribution in [0.5, 0.6) is 0 Å². The third kappa shape index (κ3) is 3.96. The fourth-order valence-electron chi connectivity index (χ4n) is 1.87. The van der Waals surface area contributed by atoms with Crippen molar-refractivity contribution in [3.05, 3.63) is 48.4 Å². The summed E-state index contributed by atoms with van der Waals surface area (Å²) in [6.07, 6.45) is 1.78. The van der Waals surface area contributed by atoms with E-state index in [9.17, 15) is 0 Å². The van der Waals surface area contributed by atoms with Crippen molar-refractivity contribution in [2.75, 3.05) is 11.9 Å². The number of hydrogen-bond donors (Lipinski definition) is 1. The first-order valence-corrected chi connectivity index (χ1v) is 8.76. The topological polar surface area (TPSA) is 76.7 Å². The number of thioether (sulfide) groups is 1. The second-order valence-corrected chi connectivity index (χ2v) is 6.86. The van der Waals surface area contributed by atoms with Gasteiger partial charge in [0.25, 0.3) is 0 Å². The lowest BCUT2D eigenvalue weighted by molar-refractivity contribution is 0.391. The summed E-state index contributed by atoms with van der Waals surface area (Å²) in [6.45, 7) is 6.35. The Labute approximate surface area is 142 Å². The van der Waals surface area contributed by atoms with Gasteiger partial charge in [0.15, 0.2) is 4.34 Å². The van der Waals surface area contributed by atoms with E-state index in [0.29, 0.717) is 24.0 Å². The van der Waals surface area contributed by atoms with Crippen LogP contribution in [0.25, 0.3) is 11.4 Å². The number of aryl methyl sites for hydroxylation is 1. The lowest BCUT2D eigenvalue weighted by atomic mass is 10.1. The first-order chi connectivity index (χ1) is 11.3. The summed E-state index contributed by atoms with van der Waals surface area (Å²) < 4.78 is 6.17. The highest BCUT2D eigenvalue weighted by molar-refractivity contribution is 8.00. The summed E-state index contributed by atoms with van der Waals surface area (Å²) in [5, 5.41) is 16.1.